The van der Waals surface area contributed by atoms with E-state index < -0.39 is 41.4 Å². The number of amides is 4. The number of fused-ring (bicyclic) bond motifs is 1. The van der Waals surface area contributed by atoms with E-state index in [0.717, 1.165) is 5.56 Å². The number of hydrogen-bond donors (Lipinski definition) is 6. The van der Waals surface area contributed by atoms with Crippen LogP contribution in [0, 0.1) is 5.92 Å². The standard InChI is InChI=1S/C36H42N4O8/c1-23(8-7-11-32(44)39(18-19-41)21-26-9-5-4-6-10-26)36(48)30-20-29(38-34(46)25(3)43)16-17-31(30)40(35(36)47)22-27-12-14-28(15-13-27)37-33(45)24(2)42/h4-10,12-17,20,23-25,41-43,48H,11,18-19,21-22H2,1-3H3,(H,37,45)(H,38,46)/b8-7+/t23-,24+,25+,36+/m1/s1. The quantitative estimate of drug-likeness (QED) is 0.143. The molecule has 0 bridgehead atoms. The highest BCUT2D eigenvalue weighted by Gasteiger charge is 2.52. The molecule has 0 radical (unpaired) electrons. The number of aliphatic hydroxyl groups is 4. The van der Waals surface area contributed by atoms with Crippen LogP contribution in [0.25, 0.3) is 0 Å². The number of nitrogens with zero attached hydrogens (tertiary/aromatic N) is 2. The zero-order valence-electron chi connectivity index (χ0n) is 27.2. The van der Waals surface area contributed by atoms with E-state index in [0.29, 0.717) is 23.5 Å². The number of rotatable bonds is 14. The van der Waals surface area contributed by atoms with Crippen LogP contribution in [0.5, 0.6) is 0 Å². The Balaban J connectivity index is 1.58. The van der Waals surface area contributed by atoms with Gasteiger partial charge in [0.05, 0.1) is 18.8 Å². The Hall–Kier alpha value is -4.88. The maximum absolute atomic E-state index is 14.1. The lowest BCUT2D eigenvalue weighted by Gasteiger charge is -2.28. The van der Waals surface area contributed by atoms with E-state index in [4.69, 9.17) is 0 Å². The van der Waals surface area contributed by atoms with Gasteiger partial charge in [0.25, 0.3) is 17.7 Å². The summed E-state index contributed by atoms with van der Waals surface area (Å²) >= 11 is 0. The Morgan fingerprint density at radius 1 is 0.875 bits per heavy atom. The lowest BCUT2D eigenvalue weighted by atomic mass is 9.82. The molecule has 12 heteroatoms. The second-order valence-electron chi connectivity index (χ2n) is 11.9. The van der Waals surface area contributed by atoms with Crippen molar-refractivity contribution in [2.45, 2.75) is 58.1 Å². The van der Waals surface area contributed by atoms with E-state index >= 15 is 0 Å². The maximum Gasteiger partial charge on any atom is 0.264 e. The van der Waals surface area contributed by atoms with E-state index in [9.17, 15) is 39.6 Å². The zero-order chi connectivity index (χ0) is 35.0. The topological polar surface area (TPSA) is 180 Å². The Morgan fingerprint density at radius 3 is 2.08 bits per heavy atom. The minimum Gasteiger partial charge on any atom is -0.395 e. The third-order valence-corrected chi connectivity index (χ3v) is 8.17. The largest absolute Gasteiger partial charge is 0.395 e. The monoisotopic (exact) mass is 658 g/mol. The van der Waals surface area contributed by atoms with Gasteiger partial charge in [-0.15, -0.1) is 0 Å². The van der Waals surface area contributed by atoms with Gasteiger partial charge in [-0.05, 0) is 55.3 Å². The predicted molar refractivity (Wildman–Crippen MR) is 180 cm³/mol. The number of anilines is 3. The molecule has 4 atom stereocenters. The van der Waals surface area contributed by atoms with Crippen LogP contribution in [0.4, 0.5) is 17.1 Å². The molecule has 1 aliphatic heterocycles. The van der Waals surface area contributed by atoms with Gasteiger partial charge in [0, 0.05) is 42.4 Å². The SMILES string of the molecule is C[C@H](O)C(=O)Nc1ccc(CN2C(=O)[C@](O)([C@H](C)/C=C/CC(=O)N(CCO)Cc3ccccc3)c3cc(NC(=O)[C@H](C)O)ccc32)cc1. The third kappa shape index (κ3) is 8.33. The van der Waals surface area contributed by atoms with Gasteiger partial charge in [-0.2, -0.15) is 0 Å². The summed E-state index contributed by atoms with van der Waals surface area (Å²) in [5.41, 5.74) is 0.928. The summed E-state index contributed by atoms with van der Waals surface area (Å²) in [4.78, 5) is 54.2. The van der Waals surface area contributed by atoms with E-state index in [1.807, 2.05) is 30.3 Å². The zero-order valence-corrected chi connectivity index (χ0v) is 27.2. The molecule has 6 N–H and O–H groups in total. The van der Waals surface area contributed by atoms with Crippen LogP contribution in [0.2, 0.25) is 0 Å². The van der Waals surface area contributed by atoms with Crippen molar-refractivity contribution in [1.82, 2.24) is 4.90 Å². The van der Waals surface area contributed by atoms with Gasteiger partial charge in [0.2, 0.25) is 5.91 Å². The molecule has 1 heterocycles. The van der Waals surface area contributed by atoms with E-state index in [1.54, 1.807) is 55.5 Å². The molecule has 0 fully saturated rings. The van der Waals surface area contributed by atoms with Crippen LogP contribution in [0.1, 0.15) is 43.9 Å². The molecule has 0 saturated carbocycles. The van der Waals surface area contributed by atoms with Crippen molar-refractivity contribution >= 4 is 40.7 Å². The fourth-order valence-electron chi connectivity index (χ4n) is 5.41. The molecule has 3 aromatic carbocycles. The summed E-state index contributed by atoms with van der Waals surface area (Å²) in [5.74, 6) is -2.88. The maximum atomic E-state index is 14.1. The second-order valence-corrected chi connectivity index (χ2v) is 11.9. The first-order valence-corrected chi connectivity index (χ1v) is 15.7. The predicted octanol–water partition coefficient (Wildman–Crippen LogP) is 2.66. The van der Waals surface area contributed by atoms with Crippen molar-refractivity contribution in [3.8, 4) is 0 Å². The highest BCUT2D eigenvalue weighted by molar-refractivity contribution is 6.08. The van der Waals surface area contributed by atoms with Gasteiger partial charge >= 0.3 is 0 Å². The molecule has 48 heavy (non-hydrogen) atoms. The summed E-state index contributed by atoms with van der Waals surface area (Å²) in [5, 5.41) is 46.0. The van der Waals surface area contributed by atoms with Crippen molar-refractivity contribution in [3.63, 3.8) is 0 Å². The Labute approximate surface area is 279 Å². The minimum absolute atomic E-state index is 0.0273. The lowest BCUT2D eigenvalue weighted by molar-refractivity contribution is -0.139. The molecular weight excluding hydrogens is 616 g/mol. The second kappa shape index (κ2) is 15.8. The van der Waals surface area contributed by atoms with Gasteiger partial charge in [-0.25, -0.2) is 0 Å². The smallest absolute Gasteiger partial charge is 0.264 e. The summed E-state index contributed by atoms with van der Waals surface area (Å²) in [7, 11) is 0. The van der Waals surface area contributed by atoms with Crippen LogP contribution in [-0.4, -0.2) is 74.3 Å². The fraction of sp³-hybridized carbons (Fsp3) is 0.333. The van der Waals surface area contributed by atoms with Crippen LogP contribution >= 0.6 is 0 Å². The number of carbonyl (C=O) groups is 4. The molecule has 0 saturated heterocycles. The first-order chi connectivity index (χ1) is 22.8. The molecule has 4 rings (SSSR count). The van der Waals surface area contributed by atoms with E-state index in [2.05, 4.69) is 10.6 Å². The summed E-state index contributed by atoms with van der Waals surface area (Å²) in [6, 6.07) is 20.8. The number of benzene rings is 3. The average molecular weight is 659 g/mol. The normalized spacial score (nSPS) is 17.5. The number of hydrogen-bond acceptors (Lipinski definition) is 8. The van der Waals surface area contributed by atoms with Crippen LogP contribution in [0.3, 0.4) is 0 Å². The van der Waals surface area contributed by atoms with Gasteiger partial charge in [0.15, 0.2) is 5.60 Å². The highest BCUT2D eigenvalue weighted by Crippen LogP contribution is 2.47. The molecule has 0 aromatic heterocycles. The van der Waals surface area contributed by atoms with Crippen molar-refractivity contribution in [3.05, 3.63) is 102 Å². The van der Waals surface area contributed by atoms with E-state index in [1.165, 1.54) is 29.7 Å². The highest BCUT2D eigenvalue weighted by atomic mass is 16.3. The number of nitrogens with one attached hydrogen (secondary N) is 2. The van der Waals surface area contributed by atoms with Gasteiger partial charge in [-0.3, -0.25) is 19.2 Å². The van der Waals surface area contributed by atoms with Gasteiger partial charge < -0.3 is 40.9 Å². The summed E-state index contributed by atoms with van der Waals surface area (Å²) in [6.45, 7) is 4.67. The van der Waals surface area contributed by atoms with E-state index in [-0.39, 0.29) is 43.3 Å². The molecule has 254 valence electrons. The fourth-order valence-corrected chi connectivity index (χ4v) is 5.41. The molecule has 3 aromatic rings. The third-order valence-electron chi connectivity index (χ3n) is 8.17. The van der Waals surface area contributed by atoms with Gasteiger partial charge in [0.1, 0.15) is 12.2 Å². The first kappa shape index (κ1) is 36.0. The summed E-state index contributed by atoms with van der Waals surface area (Å²) < 4.78 is 0. The Bertz CT molecular complexity index is 1640. The van der Waals surface area contributed by atoms with Gasteiger partial charge in [-0.1, -0.05) is 61.5 Å². The van der Waals surface area contributed by atoms with Crippen LogP contribution in [-0.2, 0) is 37.9 Å². The molecule has 12 nitrogen and oxygen atoms in total. The lowest BCUT2D eigenvalue weighted by Crippen LogP contribution is -2.44. The Morgan fingerprint density at radius 2 is 1.48 bits per heavy atom. The Kier molecular flexibility index (Phi) is 11.8. The van der Waals surface area contributed by atoms with Crippen molar-refractivity contribution in [1.29, 1.82) is 0 Å². The van der Waals surface area contributed by atoms with Crippen molar-refractivity contribution in [2.75, 3.05) is 28.7 Å². The molecule has 0 spiro atoms. The molecule has 4 amide bonds. The van der Waals surface area contributed by atoms with Crippen molar-refractivity contribution in [2.24, 2.45) is 5.92 Å². The van der Waals surface area contributed by atoms with Crippen molar-refractivity contribution < 1.29 is 39.6 Å². The average Bonchev–Trinajstić information content (AvgIpc) is 3.27. The molecule has 1 aliphatic rings. The molecule has 0 aliphatic carbocycles. The molecular formula is C36H42N4O8. The summed E-state index contributed by atoms with van der Waals surface area (Å²) in [6.07, 6.45) is 0.702. The molecule has 0 unspecified atom stereocenters. The minimum atomic E-state index is -2.07. The number of aliphatic hydroxyl groups excluding tert-OH is 3. The number of carbonyl (C=O) groups excluding carboxylic acids is 4. The van der Waals surface area contributed by atoms with Crippen LogP contribution in [0.15, 0.2) is 84.9 Å². The van der Waals surface area contributed by atoms with Crippen LogP contribution < -0.4 is 15.5 Å². The first-order valence-electron chi connectivity index (χ1n) is 15.7.